The van der Waals surface area contributed by atoms with Gasteiger partial charge in [-0.3, -0.25) is 0 Å². The Kier molecular flexibility index (Phi) is 8.34. The first kappa shape index (κ1) is 42.7. The zero-order chi connectivity index (χ0) is 51.9. The Morgan fingerprint density at radius 1 is 0.138 bits per heavy atom. The second-order valence-electron chi connectivity index (χ2n) is 22.3. The van der Waals surface area contributed by atoms with Crippen LogP contribution in [0, 0.1) is 0 Å². The molecule has 0 aliphatic heterocycles. The van der Waals surface area contributed by atoms with Crippen molar-refractivity contribution in [3.05, 3.63) is 267 Å². The van der Waals surface area contributed by atoms with Crippen molar-refractivity contribution in [2.45, 2.75) is 0 Å². The van der Waals surface area contributed by atoms with Crippen molar-refractivity contribution in [1.29, 1.82) is 0 Å². The fraction of sp³-hybridized carbons (Fsp3) is 0. The summed E-state index contributed by atoms with van der Waals surface area (Å²) in [5.41, 5.74) is 17.7. The maximum Gasteiger partial charge on any atom is -0.000696 e. The molecule has 0 amide bonds. The van der Waals surface area contributed by atoms with E-state index in [4.69, 9.17) is 0 Å². The van der Waals surface area contributed by atoms with Crippen molar-refractivity contribution in [2.24, 2.45) is 0 Å². The van der Waals surface area contributed by atoms with Gasteiger partial charge in [0.05, 0.1) is 0 Å². The van der Waals surface area contributed by atoms with E-state index in [-0.39, 0.29) is 0 Å². The Bertz CT molecular complexity index is 5490. The van der Waals surface area contributed by atoms with Crippen molar-refractivity contribution in [3.63, 3.8) is 0 Å². The summed E-state index contributed by atoms with van der Waals surface area (Å²) in [6.07, 6.45) is 0. The molecule has 0 heteroatoms. The van der Waals surface area contributed by atoms with Crippen LogP contribution in [0.15, 0.2) is 267 Å². The molecule has 364 valence electrons. The Hall–Kier alpha value is -10.4. The lowest BCUT2D eigenvalue weighted by Gasteiger charge is -2.23. The van der Waals surface area contributed by atoms with Gasteiger partial charge in [-0.1, -0.05) is 261 Å². The number of hydrogen-bond acceptors (Lipinski definition) is 0. The molecule has 1 aliphatic carbocycles. The largest absolute Gasteiger partial charge is 0.0622 e. The van der Waals surface area contributed by atoms with E-state index < -0.39 is 0 Å². The van der Waals surface area contributed by atoms with E-state index in [0.29, 0.717) is 0 Å². The van der Waals surface area contributed by atoms with Crippen LogP contribution in [0.25, 0.3) is 196 Å². The van der Waals surface area contributed by atoms with Gasteiger partial charge >= 0.3 is 0 Å². The highest BCUT2D eigenvalue weighted by Crippen LogP contribution is 2.62. The van der Waals surface area contributed by atoms with E-state index in [0.717, 1.165) is 0 Å². The topological polar surface area (TPSA) is 0 Å². The molecule has 0 fully saturated rings. The standard InChI is InChI=1S/C80H44/c1-4-20-45(21-5-1)49-27-12-14-30-52(49)71-54-32-16-17-33-55(54)72(53-31-15-13-28-50(53)46-22-6-2-7-23-46)78-64-42-38-60-61-39-43-65-73-62(40-36-58(69(61)73)59-37-41-63(77(71)78)74(64)70(59)60)76-67(47-24-8-3-9-25-47)66-44-48-26-10-11-29-51(48)68-56-34-18-19-35-57(56)75(79(65)76)80(66)68/h1-44H. The molecule has 18 aromatic rings. The predicted octanol–water partition coefficient (Wildman–Crippen LogP) is 22.7. The van der Waals surface area contributed by atoms with Gasteiger partial charge in [-0.2, -0.15) is 0 Å². The summed E-state index contributed by atoms with van der Waals surface area (Å²) in [6.45, 7) is 0. The normalized spacial score (nSPS) is 12.5. The summed E-state index contributed by atoms with van der Waals surface area (Å²) in [6, 6.07) is 101. The molecule has 0 unspecified atom stereocenters. The predicted molar refractivity (Wildman–Crippen MR) is 344 cm³/mol. The smallest absolute Gasteiger partial charge is 0.000696 e. The highest BCUT2D eigenvalue weighted by molar-refractivity contribution is 6.53. The monoisotopic (exact) mass is 1000 g/mol. The van der Waals surface area contributed by atoms with E-state index in [1.165, 1.54) is 196 Å². The summed E-state index contributed by atoms with van der Waals surface area (Å²) < 4.78 is 0. The molecule has 0 N–H and O–H groups in total. The van der Waals surface area contributed by atoms with Crippen molar-refractivity contribution < 1.29 is 0 Å². The third-order valence-electron chi connectivity index (χ3n) is 18.6. The Labute approximate surface area is 460 Å². The quantitative estimate of drug-likeness (QED) is 0.119. The molecule has 0 atom stereocenters. The number of rotatable bonds is 5. The van der Waals surface area contributed by atoms with Crippen LogP contribution in [0.2, 0.25) is 0 Å². The Morgan fingerprint density at radius 2 is 0.475 bits per heavy atom. The second-order valence-corrected chi connectivity index (χ2v) is 22.3. The number of fused-ring (bicyclic) bond motifs is 15. The number of hydrogen-bond donors (Lipinski definition) is 0. The summed E-state index contributed by atoms with van der Waals surface area (Å²) in [5, 5.41) is 29.2. The second kappa shape index (κ2) is 15.6. The Balaban J connectivity index is 0.971. The molecule has 0 aromatic heterocycles. The minimum absolute atomic E-state index is 1.21. The third-order valence-corrected chi connectivity index (χ3v) is 18.6. The minimum Gasteiger partial charge on any atom is -0.0622 e. The maximum absolute atomic E-state index is 2.49. The zero-order valence-electron chi connectivity index (χ0n) is 43.4. The first-order valence-electron chi connectivity index (χ1n) is 28.1. The average molecular weight is 1010 g/mol. The van der Waals surface area contributed by atoms with Gasteiger partial charge in [0.25, 0.3) is 0 Å². The molecule has 0 radical (unpaired) electrons. The van der Waals surface area contributed by atoms with Gasteiger partial charge in [-0.15, -0.1) is 0 Å². The first-order valence-corrected chi connectivity index (χ1v) is 28.1. The molecule has 0 saturated carbocycles. The molecule has 1 aliphatic rings. The Morgan fingerprint density at radius 3 is 1.02 bits per heavy atom. The van der Waals surface area contributed by atoms with E-state index in [2.05, 4.69) is 267 Å². The molecular weight excluding hydrogens is 961 g/mol. The van der Waals surface area contributed by atoms with Gasteiger partial charge in [0.1, 0.15) is 0 Å². The fourth-order valence-corrected chi connectivity index (χ4v) is 15.6. The van der Waals surface area contributed by atoms with Crippen molar-refractivity contribution >= 4 is 118 Å². The van der Waals surface area contributed by atoms with Crippen LogP contribution in [-0.2, 0) is 0 Å². The first-order chi connectivity index (χ1) is 39.8. The molecule has 0 bridgehead atoms. The van der Waals surface area contributed by atoms with Crippen molar-refractivity contribution in [2.75, 3.05) is 0 Å². The van der Waals surface area contributed by atoms with Crippen LogP contribution in [0.5, 0.6) is 0 Å². The molecule has 0 saturated heterocycles. The minimum atomic E-state index is 1.21. The highest BCUT2D eigenvalue weighted by atomic mass is 14.4. The van der Waals surface area contributed by atoms with Gasteiger partial charge in [-0.25, -0.2) is 0 Å². The van der Waals surface area contributed by atoms with Gasteiger partial charge in [0.15, 0.2) is 0 Å². The molecular formula is C80H44. The van der Waals surface area contributed by atoms with Crippen LogP contribution in [0.4, 0.5) is 0 Å². The van der Waals surface area contributed by atoms with Crippen LogP contribution in [-0.4, -0.2) is 0 Å². The molecule has 19 rings (SSSR count). The fourth-order valence-electron chi connectivity index (χ4n) is 15.6. The van der Waals surface area contributed by atoms with Crippen LogP contribution in [0.1, 0.15) is 0 Å². The van der Waals surface area contributed by atoms with Crippen LogP contribution < -0.4 is 0 Å². The van der Waals surface area contributed by atoms with Gasteiger partial charge in [0.2, 0.25) is 0 Å². The SMILES string of the molecule is c1ccc(-c2ccccc2-c2c3c(c(-c4ccccc4-c4ccccc4)c4ccccc24)-c2ccc4c5ccc6c7c(ccc(c8ccc-3c2c84)c57)c2c(-c3ccccc3)c3cc4ccccc4c4c5ccccc5c(c62)c34)cc1. The lowest BCUT2D eigenvalue weighted by atomic mass is 9.79. The van der Waals surface area contributed by atoms with Crippen molar-refractivity contribution in [1.82, 2.24) is 0 Å². The molecule has 80 heavy (non-hydrogen) atoms. The average Bonchev–Trinajstić information content (AvgIpc) is 4.33. The molecule has 0 spiro atoms. The summed E-state index contributed by atoms with van der Waals surface area (Å²) in [5.74, 6) is 0. The lowest BCUT2D eigenvalue weighted by Crippen LogP contribution is -1.96. The van der Waals surface area contributed by atoms with Crippen LogP contribution >= 0.6 is 0 Å². The van der Waals surface area contributed by atoms with Gasteiger partial charge in [-0.05, 0) is 202 Å². The van der Waals surface area contributed by atoms with E-state index in [9.17, 15) is 0 Å². The van der Waals surface area contributed by atoms with Crippen LogP contribution in [0.3, 0.4) is 0 Å². The molecule has 18 aromatic carbocycles. The van der Waals surface area contributed by atoms with Crippen molar-refractivity contribution in [3.8, 4) is 77.9 Å². The summed E-state index contributed by atoms with van der Waals surface area (Å²) in [7, 11) is 0. The zero-order valence-corrected chi connectivity index (χ0v) is 43.4. The number of benzene rings is 16. The van der Waals surface area contributed by atoms with E-state index in [1.54, 1.807) is 0 Å². The maximum atomic E-state index is 2.49. The van der Waals surface area contributed by atoms with E-state index in [1.807, 2.05) is 0 Å². The van der Waals surface area contributed by atoms with Gasteiger partial charge in [0, 0.05) is 0 Å². The molecule has 0 nitrogen and oxygen atoms in total. The summed E-state index contributed by atoms with van der Waals surface area (Å²) in [4.78, 5) is 0. The third kappa shape index (κ3) is 5.36. The van der Waals surface area contributed by atoms with E-state index >= 15 is 0 Å². The lowest BCUT2D eigenvalue weighted by molar-refractivity contribution is 1.58. The summed E-state index contributed by atoms with van der Waals surface area (Å²) >= 11 is 0. The highest BCUT2D eigenvalue weighted by Gasteiger charge is 2.34. The molecule has 0 heterocycles. The van der Waals surface area contributed by atoms with Gasteiger partial charge < -0.3 is 0 Å².